The largest absolute Gasteiger partial charge is 0.507 e. The lowest BCUT2D eigenvalue weighted by Gasteiger charge is -2.29. The van der Waals surface area contributed by atoms with E-state index in [1.165, 1.54) is 17.0 Å². The van der Waals surface area contributed by atoms with Crippen molar-refractivity contribution in [3.8, 4) is 5.75 Å². The normalized spacial score (nSPS) is 15.4. The highest BCUT2D eigenvalue weighted by atomic mass is 19.1. The number of rotatable bonds is 5. The number of aromatic hydroxyl groups is 1. The van der Waals surface area contributed by atoms with Crippen LogP contribution < -0.4 is 9.80 Å². The van der Waals surface area contributed by atoms with Gasteiger partial charge in [-0.2, -0.15) is 5.10 Å². The van der Waals surface area contributed by atoms with Crippen molar-refractivity contribution in [2.24, 2.45) is 0 Å². The molecule has 1 fully saturated rings. The minimum atomic E-state index is -1.24. The molecule has 0 aliphatic carbocycles. The van der Waals surface area contributed by atoms with Crippen molar-refractivity contribution < 1.29 is 19.0 Å². The first kappa shape index (κ1) is 20.2. The number of hydrogen-bond donors (Lipinski definition) is 2. The van der Waals surface area contributed by atoms with Gasteiger partial charge >= 0.3 is 0 Å². The zero-order valence-corrected chi connectivity index (χ0v) is 17.1. The highest BCUT2D eigenvalue weighted by Gasteiger charge is 2.22. The van der Waals surface area contributed by atoms with E-state index in [2.05, 4.69) is 15.1 Å². The second kappa shape index (κ2) is 8.31. The summed E-state index contributed by atoms with van der Waals surface area (Å²) in [7, 11) is 1.65. The van der Waals surface area contributed by atoms with Crippen LogP contribution in [0.1, 0.15) is 35.6 Å². The fraction of sp³-hybridized carbons (Fsp3) is 0.364. The molecule has 3 aromatic rings. The summed E-state index contributed by atoms with van der Waals surface area (Å²) in [6, 6.07) is 10.6. The van der Waals surface area contributed by atoms with Crippen LogP contribution >= 0.6 is 0 Å². The van der Waals surface area contributed by atoms with Gasteiger partial charge in [0.25, 0.3) is 5.91 Å². The van der Waals surface area contributed by atoms with Crippen LogP contribution in [0.4, 0.5) is 15.8 Å². The highest BCUT2D eigenvalue weighted by molar-refractivity contribution is 6.09. The monoisotopic (exact) mass is 412 g/mol. The highest BCUT2D eigenvalue weighted by Crippen LogP contribution is 2.32. The Morgan fingerprint density at radius 2 is 2.00 bits per heavy atom. The second-order valence-corrected chi connectivity index (χ2v) is 7.38. The molecule has 7 nitrogen and oxygen atoms in total. The number of amides is 1. The first-order valence-corrected chi connectivity index (χ1v) is 10.1. The van der Waals surface area contributed by atoms with Gasteiger partial charge in [0, 0.05) is 43.0 Å². The topological polar surface area (TPSA) is 81.7 Å². The quantitative estimate of drug-likeness (QED) is 0.666. The number of aromatic amines is 1. The zero-order valence-electron chi connectivity index (χ0n) is 17.1. The van der Waals surface area contributed by atoms with Gasteiger partial charge in [-0.15, -0.1) is 0 Å². The summed E-state index contributed by atoms with van der Waals surface area (Å²) in [6.07, 6.45) is -0.962. The average molecular weight is 412 g/mol. The third kappa shape index (κ3) is 3.70. The summed E-state index contributed by atoms with van der Waals surface area (Å²) in [4.78, 5) is 16.8. The number of phenols is 1. The standard InChI is InChI=1S/C22H25FN4O3/c1-3-18(23)21-16-12-17(20(28)13-19(16)24-25-21)22(29)26(2)14-4-6-15(7-5-14)27-8-10-30-11-9-27/h4-7,12-13,18,28H,3,8-11H2,1-2H3,(H,24,25). The Balaban J connectivity index is 1.60. The molecule has 1 aromatic heterocycles. The third-order valence-corrected chi connectivity index (χ3v) is 5.51. The van der Waals surface area contributed by atoms with Gasteiger partial charge in [-0.1, -0.05) is 6.92 Å². The molecule has 8 heteroatoms. The van der Waals surface area contributed by atoms with Crippen LogP contribution in [-0.4, -0.2) is 54.6 Å². The van der Waals surface area contributed by atoms with Crippen molar-refractivity contribution in [2.45, 2.75) is 19.5 Å². The number of fused-ring (bicyclic) bond motifs is 1. The Kier molecular flexibility index (Phi) is 5.59. The Morgan fingerprint density at radius 1 is 1.30 bits per heavy atom. The number of ether oxygens (including phenoxy) is 1. The van der Waals surface area contributed by atoms with E-state index in [0.29, 0.717) is 29.8 Å². The number of benzene rings is 2. The van der Waals surface area contributed by atoms with Gasteiger partial charge in [0.15, 0.2) is 0 Å². The van der Waals surface area contributed by atoms with Crippen molar-refractivity contribution >= 4 is 28.2 Å². The molecule has 1 saturated heterocycles. The molecule has 2 aromatic carbocycles. The molecule has 1 amide bonds. The van der Waals surface area contributed by atoms with Crippen molar-refractivity contribution in [1.82, 2.24) is 10.2 Å². The summed E-state index contributed by atoms with van der Waals surface area (Å²) in [6.45, 7) is 4.81. The molecule has 1 atom stereocenters. The Bertz CT molecular complexity index is 1040. The molecule has 0 bridgehead atoms. The number of alkyl halides is 1. The molecular formula is C22H25FN4O3. The van der Waals surface area contributed by atoms with Gasteiger partial charge in [-0.25, -0.2) is 4.39 Å². The maximum atomic E-state index is 14.2. The van der Waals surface area contributed by atoms with Gasteiger partial charge in [0.2, 0.25) is 0 Å². The summed E-state index contributed by atoms with van der Waals surface area (Å²) < 4.78 is 19.6. The first-order valence-electron chi connectivity index (χ1n) is 10.1. The number of anilines is 2. The van der Waals surface area contributed by atoms with Gasteiger partial charge in [0.05, 0.1) is 24.3 Å². The van der Waals surface area contributed by atoms with Gasteiger partial charge in [0.1, 0.15) is 17.6 Å². The van der Waals surface area contributed by atoms with E-state index in [0.717, 1.165) is 18.8 Å². The van der Waals surface area contributed by atoms with Crippen LogP contribution in [0, 0.1) is 0 Å². The number of phenolic OH excluding ortho intramolecular Hbond substituents is 1. The van der Waals surface area contributed by atoms with Gasteiger partial charge < -0.3 is 19.6 Å². The number of morpholine rings is 1. The molecule has 1 aliphatic heterocycles. The van der Waals surface area contributed by atoms with E-state index in [4.69, 9.17) is 4.74 Å². The number of nitrogens with one attached hydrogen (secondary N) is 1. The van der Waals surface area contributed by atoms with Crippen molar-refractivity contribution in [1.29, 1.82) is 0 Å². The van der Waals surface area contributed by atoms with Crippen LogP contribution in [0.25, 0.3) is 10.9 Å². The van der Waals surface area contributed by atoms with Gasteiger partial charge in [-0.3, -0.25) is 9.89 Å². The first-order chi connectivity index (χ1) is 14.5. The molecular weight excluding hydrogens is 387 g/mol. The summed E-state index contributed by atoms with van der Waals surface area (Å²) in [5.41, 5.74) is 2.62. The van der Waals surface area contributed by atoms with E-state index < -0.39 is 6.17 Å². The van der Waals surface area contributed by atoms with E-state index in [1.807, 2.05) is 24.3 Å². The van der Waals surface area contributed by atoms with Crippen LogP contribution in [0.3, 0.4) is 0 Å². The van der Waals surface area contributed by atoms with Crippen LogP contribution in [0.15, 0.2) is 36.4 Å². The minimum absolute atomic E-state index is 0.105. The molecule has 30 heavy (non-hydrogen) atoms. The number of aromatic nitrogens is 2. The van der Waals surface area contributed by atoms with E-state index in [9.17, 15) is 14.3 Å². The lowest BCUT2D eigenvalue weighted by Crippen LogP contribution is -2.36. The Hall–Kier alpha value is -3.13. The predicted octanol–water partition coefficient (Wildman–Crippen LogP) is 3.80. The van der Waals surface area contributed by atoms with E-state index in [1.54, 1.807) is 14.0 Å². The van der Waals surface area contributed by atoms with E-state index >= 15 is 0 Å². The fourth-order valence-electron chi connectivity index (χ4n) is 3.68. The minimum Gasteiger partial charge on any atom is -0.507 e. The van der Waals surface area contributed by atoms with Crippen LogP contribution in [0.5, 0.6) is 5.75 Å². The number of H-pyrrole nitrogens is 1. The molecule has 0 spiro atoms. The molecule has 1 aliphatic rings. The fourth-order valence-corrected chi connectivity index (χ4v) is 3.68. The molecule has 4 rings (SSSR count). The van der Waals surface area contributed by atoms with Crippen molar-refractivity contribution in [3.05, 3.63) is 47.7 Å². The van der Waals surface area contributed by atoms with Crippen molar-refractivity contribution in [2.75, 3.05) is 43.2 Å². The van der Waals surface area contributed by atoms with Gasteiger partial charge in [-0.05, 0) is 36.8 Å². The number of nitrogens with zero attached hydrogens (tertiary/aromatic N) is 3. The number of carbonyl (C=O) groups is 1. The second-order valence-electron chi connectivity index (χ2n) is 7.38. The maximum absolute atomic E-state index is 14.2. The number of carbonyl (C=O) groups excluding carboxylic acids is 1. The molecule has 2 N–H and O–H groups in total. The summed E-state index contributed by atoms with van der Waals surface area (Å²) >= 11 is 0. The SMILES string of the molecule is CCC(F)c1n[nH]c2cc(O)c(C(=O)N(C)c3ccc(N4CCOCC4)cc3)cc12. The molecule has 1 unspecified atom stereocenters. The molecule has 0 saturated carbocycles. The maximum Gasteiger partial charge on any atom is 0.261 e. The lowest BCUT2D eigenvalue weighted by atomic mass is 10.1. The smallest absolute Gasteiger partial charge is 0.261 e. The predicted molar refractivity (Wildman–Crippen MR) is 114 cm³/mol. The molecule has 0 radical (unpaired) electrons. The number of halogens is 1. The van der Waals surface area contributed by atoms with E-state index in [-0.39, 0.29) is 29.3 Å². The zero-order chi connectivity index (χ0) is 21.3. The summed E-state index contributed by atoms with van der Waals surface area (Å²) in [5.74, 6) is -0.557. The molecule has 158 valence electrons. The summed E-state index contributed by atoms with van der Waals surface area (Å²) in [5, 5.41) is 17.6. The Morgan fingerprint density at radius 3 is 2.67 bits per heavy atom. The third-order valence-electron chi connectivity index (χ3n) is 5.51. The number of hydrogen-bond acceptors (Lipinski definition) is 5. The van der Waals surface area contributed by atoms with Crippen LogP contribution in [-0.2, 0) is 4.74 Å². The van der Waals surface area contributed by atoms with Crippen molar-refractivity contribution in [3.63, 3.8) is 0 Å². The average Bonchev–Trinajstić information content (AvgIpc) is 3.20. The molecule has 2 heterocycles. The Labute approximate surface area is 174 Å². The van der Waals surface area contributed by atoms with Crippen LogP contribution in [0.2, 0.25) is 0 Å². The lowest BCUT2D eigenvalue weighted by molar-refractivity contribution is 0.0990.